The topological polar surface area (TPSA) is 7.76 Å². The highest BCUT2D eigenvalue weighted by Gasteiger charge is 2.38. The molecule has 0 fully saturated rings. The van der Waals surface area contributed by atoms with Crippen molar-refractivity contribution in [2.24, 2.45) is 0 Å². The molecule has 3 heterocycles. The predicted octanol–water partition coefficient (Wildman–Crippen LogP) is 8.81. The molecular weight excluding hydrogens is 532 g/mol. The lowest BCUT2D eigenvalue weighted by Crippen LogP contribution is -2.38. The summed E-state index contributed by atoms with van der Waals surface area (Å²) < 4.78 is 4.97. The number of rotatable bonds is 0. The summed E-state index contributed by atoms with van der Waals surface area (Å²) in [5.41, 5.74) is 13.5. The minimum Gasteiger partial charge on any atom is -0.197 e. The van der Waals surface area contributed by atoms with Crippen LogP contribution in [0.3, 0.4) is 0 Å². The molecule has 0 saturated heterocycles. The first-order valence-electron chi connectivity index (χ1n) is 15.8. The van der Waals surface area contributed by atoms with Gasteiger partial charge < -0.3 is 0 Å². The molecule has 0 amide bonds. The van der Waals surface area contributed by atoms with Gasteiger partial charge in [0.2, 0.25) is 11.4 Å². The predicted molar refractivity (Wildman–Crippen MR) is 180 cm³/mol. The Bertz CT molecular complexity index is 2290. The number of fused-ring (bicyclic) bond motifs is 13. The molecule has 2 nitrogen and oxygen atoms in total. The van der Waals surface area contributed by atoms with Crippen molar-refractivity contribution in [2.75, 3.05) is 0 Å². The summed E-state index contributed by atoms with van der Waals surface area (Å²) in [6.45, 7) is 6.48. The summed E-state index contributed by atoms with van der Waals surface area (Å²) in [4.78, 5) is 0. The van der Waals surface area contributed by atoms with Gasteiger partial charge in [-0.25, -0.2) is 0 Å². The number of aromatic nitrogens is 2. The highest BCUT2D eigenvalue weighted by atomic mass is 15.0. The van der Waals surface area contributed by atoms with Crippen LogP contribution in [0.2, 0.25) is 0 Å². The third-order valence-electron chi connectivity index (χ3n) is 10.2. The molecular formula is C42H34N2+2. The molecule has 0 spiro atoms. The molecule has 0 radical (unpaired) electrons. The van der Waals surface area contributed by atoms with Crippen molar-refractivity contribution in [1.29, 1.82) is 0 Å². The quantitative estimate of drug-likeness (QED) is 0.128. The molecule has 0 bridgehead atoms. The van der Waals surface area contributed by atoms with Gasteiger partial charge in [-0.2, -0.15) is 9.13 Å². The smallest absolute Gasteiger partial charge is 0.197 e. The molecule has 210 valence electrons. The van der Waals surface area contributed by atoms with Crippen molar-refractivity contribution in [3.63, 3.8) is 0 Å². The number of aryl methyl sites for hydroxylation is 2. The zero-order chi connectivity index (χ0) is 29.4. The largest absolute Gasteiger partial charge is 0.220 e. The molecule has 1 aliphatic carbocycles. The van der Waals surface area contributed by atoms with E-state index in [0.29, 0.717) is 0 Å². The molecule has 0 saturated carbocycles. The SMILES string of the molecule is CC1(C)c2ccccc2-c2cc3c(cc21)-c1c2ccc4ccccc4c2cc[n+]1CCc1ccccc1-c1cccc[n+]1C3. The summed E-state index contributed by atoms with van der Waals surface area (Å²) in [6, 6.07) is 45.4. The van der Waals surface area contributed by atoms with E-state index in [4.69, 9.17) is 0 Å². The zero-order valence-electron chi connectivity index (χ0n) is 25.2. The Kier molecular flexibility index (Phi) is 5.47. The molecule has 0 unspecified atom stereocenters. The van der Waals surface area contributed by atoms with Crippen LogP contribution in [0.4, 0.5) is 0 Å². The molecule has 9 rings (SSSR count). The van der Waals surface area contributed by atoms with E-state index < -0.39 is 0 Å². The van der Waals surface area contributed by atoms with Crippen LogP contribution in [0.15, 0.2) is 134 Å². The van der Waals surface area contributed by atoms with Crippen LogP contribution < -0.4 is 9.13 Å². The monoisotopic (exact) mass is 566 g/mol. The second kappa shape index (κ2) is 9.46. The lowest BCUT2D eigenvalue weighted by Gasteiger charge is -2.22. The Balaban J connectivity index is 1.41. The zero-order valence-corrected chi connectivity index (χ0v) is 25.2. The molecule has 2 heteroatoms. The maximum absolute atomic E-state index is 2.54. The van der Waals surface area contributed by atoms with E-state index in [1.165, 1.54) is 77.4 Å². The first-order chi connectivity index (χ1) is 21.6. The average molecular weight is 567 g/mol. The Morgan fingerprint density at radius 1 is 0.523 bits per heavy atom. The maximum Gasteiger partial charge on any atom is 0.220 e. The lowest BCUT2D eigenvalue weighted by molar-refractivity contribution is -0.685. The number of nitrogens with zero attached hydrogens (tertiary/aromatic N) is 2. The van der Waals surface area contributed by atoms with Crippen molar-refractivity contribution >= 4 is 21.5 Å². The third-order valence-corrected chi connectivity index (χ3v) is 10.2. The van der Waals surface area contributed by atoms with Gasteiger partial charge in [0.05, 0.1) is 10.9 Å². The Morgan fingerprint density at radius 3 is 2.25 bits per heavy atom. The summed E-state index contributed by atoms with van der Waals surface area (Å²) in [5, 5.41) is 5.22. The van der Waals surface area contributed by atoms with Gasteiger partial charge in [-0.3, -0.25) is 0 Å². The van der Waals surface area contributed by atoms with Gasteiger partial charge in [-0.05, 0) is 68.9 Å². The van der Waals surface area contributed by atoms with E-state index in [0.717, 1.165) is 19.5 Å². The number of pyridine rings is 2. The molecule has 0 atom stereocenters. The van der Waals surface area contributed by atoms with Gasteiger partial charge in [-0.15, -0.1) is 0 Å². The highest BCUT2D eigenvalue weighted by molar-refractivity contribution is 6.10. The van der Waals surface area contributed by atoms with E-state index in [2.05, 4.69) is 157 Å². The lowest BCUT2D eigenvalue weighted by atomic mass is 9.81. The van der Waals surface area contributed by atoms with Gasteiger partial charge in [-0.1, -0.05) is 86.6 Å². The minimum absolute atomic E-state index is 0.0729. The summed E-state index contributed by atoms with van der Waals surface area (Å²) in [7, 11) is 0. The molecule has 2 aromatic heterocycles. The first kappa shape index (κ1) is 25.4. The fourth-order valence-electron chi connectivity index (χ4n) is 7.98. The van der Waals surface area contributed by atoms with Gasteiger partial charge >= 0.3 is 0 Å². The van der Waals surface area contributed by atoms with Crippen LogP contribution >= 0.6 is 0 Å². The van der Waals surface area contributed by atoms with Crippen LogP contribution in [0.1, 0.15) is 36.1 Å². The summed E-state index contributed by atoms with van der Waals surface area (Å²) in [6.07, 6.45) is 5.55. The maximum atomic E-state index is 2.54. The Hall–Kier alpha value is -5.08. The number of benzene rings is 5. The first-order valence-corrected chi connectivity index (χ1v) is 15.8. The molecule has 0 N–H and O–H groups in total. The number of hydrogen-bond donors (Lipinski definition) is 0. The van der Waals surface area contributed by atoms with Gasteiger partial charge in [0, 0.05) is 46.5 Å². The van der Waals surface area contributed by atoms with E-state index in [1.54, 1.807) is 0 Å². The minimum atomic E-state index is -0.0729. The standard InChI is InChI=1S/C42H34N2/c1-42(2)38-16-8-7-15-34(38)37-25-30-27-44-22-10-9-17-40(44)32-14-6-4-12-29(32)20-23-43-24-21-33-31-13-5-3-11-28(31)18-19-35(33)41(43)36(30)26-39(37)42/h3-19,21-22,24-26H,20,23,27H2,1-2H3/q+2. The van der Waals surface area contributed by atoms with Crippen LogP contribution in [-0.4, -0.2) is 0 Å². The summed E-state index contributed by atoms with van der Waals surface area (Å²) >= 11 is 0. The Labute approximate surface area is 258 Å². The third kappa shape index (κ3) is 3.67. The van der Waals surface area contributed by atoms with Gasteiger partial charge in [0.1, 0.15) is 0 Å². The van der Waals surface area contributed by atoms with Crippen LogP contribution in [-0.2, 0) is 24.9 Å². The highest BCUT2D eigenvalue weighted by Crippen LogP contribution is 2.50. The van der Waals surface area contributed by atoms with Crippen molar-refractivity contribution in [3.8, 4) is 33.6 Å². The second-order valence-electron chi connectivity index (χ2n) is 13.0. The summed E-state index contributed by atoms with van der Waals surface area (Å²) in [5.74, 6) is 0. The van der Waals surface area contributed by atoms with Crippen molar-refractivity contribution in [1.82, 2.24) is 0 Å². The molecule has 2 aliphatic rings. The fourth-order valence-corrected chi connectivity index (χ4v) is 7.98. The molecule has 7 aromatic rings. The molecule has 1 aliphatic heterocycles. The van der Waals surface area contributed by atoms with Crippen LogP contribution in [0.5, 0.6) is 0 Å². The van der Waals surface area contributed by atoms with Crippen LogP contribution in [0, 0.1) is 0 Å². The van der Waals surface area contributed by atoms with Crippen molar-refractivity contribution in [3.05, 3.63) is 156 Å². The normalized spacial score (nSPS) is 14.5. The van der Waals surface area contributed by atoms with E-state index in [1.807, 2.05) is 0 Å². The van der Waals surface area contributed by atoms with Gasteiger partial charge in [0.25, 0.3) is 0 Å². The van der Waals surface area contributed by atoms with Crippen LogP contribution in [0.25, 0.3) is 55.2 Å². The van der Waals surface area contributed by atoms with E-state index in [9.17, 15) is 0 Å². The van der Waals surface area contributed by atoms with E-state index in [-0.39, 0.29) is 5.41 Å². The Morgan fingerprint density at radius 2 is 1.32 bits per heavy atom. The number of hydrogen-bond acceptors (Lipinski definition) is 0. The average Bonchev–Trinajstić information content (AvgIpc) is 3.27. The molecule has 44 heavy (non-hydrogen) atoms. The van der Waals surface area contributed by atoms with Crippen molar-refractivity contribution in [2.45, 2.75) is 38.8 Å². The van der Waals surface area contributed by atoms with Crippen molar-refractivity contribution < 1.29 is 9.13 Å². The second-order valence-corrected chi connectivity index (χ2v) is 13.0. The molecule has 5 aromatic carbocycles. The van der Waals surface area contributed by atoms with Gasteiger partial charge in [0.15, 0.2) is 25.5 Å². The van der Waals surface area contributed by atoms with E-state index >= 15 is 0 Å². The fraction of sp³-hybridized carbons (Fsp3) is 0.143.